The molecule has 0 radical (unpaired) electrons. The fraction of sp³-hybridized carbons (Fsp3) is 0.312. The molecule has 10 nitrogen and oxygen atoms in total. The molecule has 1 aliphatic heterocycles. The van der Waals surface area contributed by atoms with Crippen LogP contribution in [0, 0.1) is 5.82 Å². The number of nitrogens with zero attached hydrogens (tertiary/aromatic N) is 3. The molecule has 0 spiro atoms. The molecule has 0 aliphatic carbocycles. The summed E-state index contributed by atoms with van der Waals surface area (Å²) in [6, 6.07) is 12.6. The van der Waals surface area contributed by atoms with Gasteiger partial charge < -0.3 is 31.1 Å². The van der Waals surface area contributed by atoms with E-state index >= 15 is 4.39 Å². The third kappa shape index (κ3) is 7.86. The number of methoxy groups -OCH3 is 1. The average Bonchev–Trinajstić information content (AvgIpc) is 3.45. The van der Waals surface area contributed by atoms with Crippen molar-refractivity contribution in [1.82, 2.24) is 30.9 Å². The zero-order valence-corrected chi connectivity index (χ0v) is 26.3. The highest BCUT2D eigenvalue weighted by atomic mass is 35.5. The second-order valence-electron chi connectivity index (χ2n) is 10.7. The molecule has 4 heterocycles. The highest BCUT2D eigenvalue weighted by molar-refractivity contribution is 6.39. The van der Waals surface area contributed by atoms with Crippen molar-refractivity contribution in [2.24, 2.45) is 0 Å². The van der Waals surface area contributed by atoms with E-state index in [1.807, 2.05) is 24.3 Å². The number of benzene rings is 1. The van der Waals surface area contributed by atoms with Gasteiger partial charge in [-0.05, 0) is 31.5 Å². The normalized spacial score (nSPS) is 15.2. The number of anilines is 2. The summed E-state index contributed by atoms with van der Waals surface area (Å²) in [7, 11) is 1.56. The lowest BCUT2D eigenvalue weighted by Gasteiger charge is -2.16. The predicted molar refractivity (Wildman–Crippen MR) is 173 cm³/mol. The minimum atomic E-state index is -0.551. The molecule has 5 rings (SSSR count). The Morgan fingerprint density at radius 2 is 1.82 bits per heavy atom. The molecule has 0 unspecified atom stereocenters. The monoisotopic (exact) mass is 653 g/mol. The van der Waals surface area contributed by atoms with Gasteiger partial charge in [0.2, 0.25) is 11.8 Å². The Labute approximate surface area is 270 Å². The summed E-state index contributed by atoms with van der Waals surface area (Å²) in [6.07, 6.45) is 3.88. The van der Waals surface area contributed by atoms with Crippen LogP contribution in [0.5, 0.6) is 5.88 Å². The molecule has 1 aromatic carbocycles. The summed E-state index contributed by atoms with van der Waals surface area (Å²) >= 11 is 13.7. The van der Waals surface area contributed by atoms with E-state index in [4.69, 9.17) is 32.9 Å². The Morgan fingerprint density at radius 1 is 1.04 bits per heavy atom. The number of pyridine rings is 3. The molecule has 13 heteroatoms. The van der Waals surface area contributed by atoms with Crippen LogP contribution in [-0.2, 0) is 17.9 Å². The number of aliphatic hydroxyl groups is 1. The van der Waals surface area contributed by atoms with Crippen molar-refractivity contribution in [2.45, 2.75) is 45.0 Å². The van der Waals surface area contributed by atoms with Crippen molar-refractivity contribution in [3.63, 3.8) is 0 Å². The Hall–Kier alpha value is -3.87. The zero-order valence-electron chi connectivity index (χ0n) is 24.8. The summed E-state index contributed by atoms with van der Waals surface area (Å²) in [6.45, 7) is 3.38. The maximum absolute atomic E-state index is 15.2. The number of ether oxygens (including phenoxy) is 1. The van der Waals surface area contributed by atoms with Gasteiger partial charge in [-0.2, -0.15) is 0 Å². The molecule has 0 bridgehead atoms. The molecule has 45 heavy (non-hydrogen) atoms. The van der Waals surface area contributed by atoms with Gasteiger partial charge in [-0.3, -0.25) is 9.78 Å². The number of rotatable bonds is 13. The van der Waals surface area contributed by atoms with E-state index in [-0.39, 0.29) is 29.3 Å². The second kappa shape index (κ2) is 14.9. The third-order valence-electron chi connectivity index (χ3n) is 7.32. The van der Waals surface area contributed by atoms with E-state index in [1.54, 1.807) is 38.4 Å². The summed E-state index contributed by atoms with van der Waals surface area (Å²) < 4.78 is 20.8. The molecule has 3 aromatic heterocycles. The lowest BCUT2D eigenvalue weighted by molar-refractivity contribution is -0.119. The second-order valence-corrected chi connectivity index (χ2v) is 11.5. The number of amides is 1. The molecule has 4 aromatic rings. The molecule has 1 aliphatic rings. The number of aromatic nitrogens is 3. The Kier molecular flexibility index (Phi) is 10.8. The highest BCUT2D eigenvalue weighted by Gasteiger charge is 2.21. The largest absolute Gasteiger partial charge is 0.481 e. The van der Waals surface area contributed by atoms with Crippen LogP contribution in [-0.4, -0.2) is 58.3 Å². The van der Waals surface area contributed by atoms with Crippen LogP contribution in [0.15, 0.2) is 54.9 Å². The van der Waals surface area contributed by atoms with Gasteiger partial charge in [0.05, 0.1) is 40.3 Å². The summed E-state index contributed by atoms with van der Waals surface area (Å²) in [4.78, 5) is 24.8. The Bertz CT molecular complexity index is 1670. The van der Waals surface area contributed by atoms with Gasteiger partial charge in [-0.1, -0.05) is 47.5 Å². The van der Waals surface area contributed by atoms with Gasteiger partial charge in [0.25, 0.3) is 0 Å². The lowest BCUT2D eigenvalue weighted by atomic mass is 10.0. The van der Waals surface area contributed by atoms with Crippen LogP contribution in [0.1, 0.15) is 30.9 Å². The van der Waals surface area contributed by atoms with Gasteiger partial charge in [-0.25, -0.2) is 14.4 Å². The molecule has 1 saturated heterocycles. The smallest absolute Gasteiger partial charge is 0.220 e. The molecule has 236 valence electrons. The van der Waals surface area contributed by atoms with Crippen LogP contribution in [0.4, 0.5) is 15.9 Å². The molecular formula is C32H34Cl2FN7O3. The van der Waals surface area contributed by atoms with E-state index in [1.165, 1.54) is 6.20 Å². The maximum Gasteiger partial charge on any atom is 0.220 e. The summed E-state index contributed by atoms with van der Waals surface area (Å²) in [5.41, 5.74) is 3.88. The molecule has 5 N–H and O–H groups in total. The van der Waals surface area contributed by atoms with Gasteiger partial charge in [-0.15, -0.1) is 0 Å². The van der Waals surface area contributed by atoms with E-state index in [0.717, 1.165) is 12.0 Å². The first-order chi connectivity index (χ1) is 21.7. The fourth-order valence-electron chi connectivity index (χ4n) is 5.03. The predicted octanol–water partition coefficient (Wildman–Crippen LogP) is 5.24. The number of hydrogen-bond acceptors (Lipinski definition) is 9. The third-order valence-corrected chi connectivity index (χ3v) is 8.11. The number of nitrogens with one attached hydrogen (secondary N) is 4. The van der Waals surface area contributed by atoms with Crippen molar-refractivity contribution in [3.8, 4) is 28.4 Å². The molecule has 1 amide bonds. The van der Waals surface area contributed by atoms with Crippen LogP contribution in [0.2, 0.25) is 10.0 Å². The molecule has 0 saturated carbocycles. The first-order valence-corrected chi connectivity index (χ1v) is 15.3. The topological polar surface area (TPSA) is 133 Å². The maximum atomic E-state index is 15.2. The Morgan fingerprint density at radius 3 is 2.58 bits per heavy atom. The van der Waals surface area contributed by atoms with Crippen molar-refractivity contribution < 1.29 is 19.0 Å². The van der Waals surface area contributed by atoms with E-state index < -0.39 is 11.9 Å². The SMILES string of the molecule is COc1nc(-c2cccc(-c3nccc(Nc4nccc(CNC[C@@H](C)O)c4F)c3Cl)c2Cl)ccc1CNC[C@H]1CCC(=O)N1. The minimum Gasteiger partial charge on any atom is -0.481 e. The van der Waals surface area contributed by atoms with Gasteiger partial charge >= 0.3 is 0 Å². The summed E-state index contributed by atoms with van der Waals surface area (Å²) in [5, 5.41) is 22.4. The van der Waals surface area contributed by atoms with Crippen molar-refractivity contribution in [1.29, 1.82) is 0 Å². The van der Waals surface area contributed by atoms with Gasteiger partial charge in [0.1, 0.15) is 0 Å². The average molecular weight is 655 g/mol. The zero-order chi connectivity index (χ0) is 31.9. The Balaban J connectivity index is 1.36. The number of carbonyl (C=O) groups excluding carboxylic acids is 1. The quantitative estimate of drug-likeness (QED) is 0.131. The van der Waals surface area contributed by atoms with Gasteiger partial charge in [0, 0.05) is 73.3 Å². The minimum absolute atomic E-state index is 0.00381. The number of halogens is 3. The standard InChI is InChI=1S/C32H34Cl2FN7O3/c1-18(43)14-36-15-19-10-12-39-31(29(19)35)41-25-11-13-38-30(28(25)34)23-5-3-4-22(27(23)33)24-8-6-20(32(42-24)45-2)16-37-17-21-7-9-26(44)40-21/h3-6,8,10-13,18,21,36-37,43H,7,9,14-17H2,1-2H3,(H,40,44)(H,38,39,41)/t18-,21-/m1/s1. The van der Waals surface area contributed by atoms with Crippen LogP contribution in [0.25, 0.3) is 22.5 Å². The molecule has 2 atom stereocenters. The van der Waals surface area contributed by atoms with Crippen LogP contribution < -0.4 is 26.0 Å². The van der Waals surface area contributed by atoms with Crippen LogP contribution >= 0.6 is 23.2 Å². The number of hydrogen-bond donors (Lipinski definition) is 5. The van der Waals surface area contributed by atoms with Crippen molar-refractivity contribution in [2.75, 3.05) is 25.5 Å². The number of aliphatic hydroxyl groups excluding tert-OH is 1. The lowest BCUT2D eigenvalue weighted by Crippen LogP contribution is -2.35. The summed E-state index contributed by atoms with van der Waals surface area (Å²) in [5.74, 6) is 0.00804. The number of carbonyl (C=O) groups is 1. The van der Waals surface area contributed by atoms with Crippen molar-refractivity contribution in [3.05, 3.63) is 81.8 Å². The van der Waals surface area contributed by atoms with E-state index in [9.17, 15) is 9.90 Å². The fourth-order valence-corrected chi connectivity index (χ4v) is 5.61. The van der Waals surface area contributed by atoms with Crippen LogP contribution in [0.3, 0.4) is 0 Å². The highest BCUT2D eigenvalue weighted by Crippen LogP contribution is 2.41. The molecule has 1 fully saturated rings. The first kappa shape index (κ1) is 32.5. The first-order valence-electron chi connectivity index (χ1n) is 14.5. The van der Waals surface area contributed by atoms with E-state index in [0.29, 0.717) is 70.7 Å². The van der Waals surface area contributed by atoms with E-state index in [2.05, 4.69) is 31.2 Å². The van der Waals surface area contributed by atoms with Gasteiger partial charge in [0.15, 0.2) is 11.6 Å². The van der Waals surface area contributed by atoms with Crippen molar-refractivity contribution >= 4 is 40.6 Å². The molecular weight excluding hydrogens is 620 g/mol.